The standard InChI is InChI=1S/C11H8FN3S/c1-7-13-10(6-16-7)9-5-15-4-8(12)2-3-11(15)14-9/h2-6H,1H3. The van der Waals surface area contributed by atoms with E-state index in [1.807, 2.05) is 12.3 Å². The Morgan fingerprint density at radius 3 is 2.81 bits per heavy atom. The van der Waals surface area contributed by atoms with Crippen LogP contribution in [0.4, 0.5) is 4.39 Å². The van der Waals surface area contributed by atoms with Crippen LogP contribution in [0.3, 0.4) is 0 Å². The molecule has 0 bridgehead atoms. The molecular weight excluding hydrogens is 225 g/mol. The fraction of sp³-hybridized carbons (Fsp3) is 0.0909. The average molecular weight is 233 g/mol. The Labute approximate surface area is 95.2 Å². The summed E-state index contributed by atoms with van der Waals surface area (Å²) in [5, 5.41) is 2.95. The Morgan fingerprint density at radius 1 is 1.19 bits per heavy atom. The number of nitrogens with zero attached hydrogens (tertiary/aromatic N) is 3. The molecule has 3 heterocycles. The normalized spacial score (nSPS) is 11.1. The lowest BCUT2D eigenvalue weighted by Gasteiger charge is -1.90. The van der Waals surface area contributed by atoms with Gasteiger partial charge in [0.05, 0.1) is 5.01 Å². The van der Waals surface area contributed by atoms with Crippen LogP contribution in [0.1, 0.15) is 5.01 Å². The van der Waals surface area contributed by atoms with Gasteiger partial charge >= 0.3 is 0 Å². The van der Waals surface area contributed by atoms with E-state index in [2.05, 4.69) is 9.97 Å². The van der Waals surface area contributed by atoms with Crippen molar-refractivity contribution in [3.8, 4) is 11.4 Å². The van der Waals surface area contributed by atoms with Crippen LogP contribution in [-0.4, -0.2) is 14.4 Å². The summed E-state index contributed by atoms with van der Waals surface area (Å²) < 4.78 is 14.7. The van der Waals surface area contributed by atoms with Crippen molar-refractivity contribution in [2.75, 3.05) is 0 Å². The zero-order chi connectivity index (χ0) is 11.1. The summed E-state index contributed by atoms with van der Waals surface area (Å²) in [6, 6.07) is 3.05. The lowest BCUT2D eigenvalue weighted by atomic mass is 10.4. The van der Waals surface area contributed by atoms with Gasteiger partial charge in [-0.25, -0.2) is 14.4 Å². The number of aryl methyl sites for hydroxylation is 1. The van der Waals surface area contributed by atoms with Crippen molar-refractivity contribution < 1.29 is 4.39 Å². The maximum atomic E-state index is 13.0. The maximum Gasteiger partial charge on any atom is 0.139 e. The van der Waals surface area contributed by atoms with E-state index in [1.165, 1.54) is 12.3 Å². The summed E-state index contributed by atoms with van der Waals surface area (Å²) in [7, 11) is 0. The maximum absolute atomic E-state index is 13.0. The fourth-order valence-electron chi connectivity index (χ4n) is 1.57. The molecule has 0 aromatic carbocycles. The average Bonchev–Trinajstić information content (AvgIpc) is 2.83. The zero-order valence-electron chi connectivity index (χ0n) is 8.51. The first-order chi connectivity index (χ1) is 7.72. The second-order valence-corrected chi connectivity index (χ2v) is 4.55. The van der Waals surface area contributed by atoms with Crippen LogP contribution in [0.15, 0.2) is 29.9 Å². The van der Waals surface area contributed by atoms with Crippen molar-refractivity contribution in [1.29, 1.82) is 0 Å². The summed E-state index contributed by atoms with van der Waals surface area (Å²) in [6.07, 6.45) is 3.19. The third-order valence-corrected chi connectivity index (χ3v) is 3.07. The summed E-state index contributed by atoms with van der Waals surface area (Å²) in [5.74, 6) is -0.272. The van der Waals surface area contributed by atoms with E-state index in [1.54, 1.807) is 28.0 Å². The summed E-state index contributed by atoms with van der Waals surface area (Å²) in [5.41, 5.74) is 2.34. The minimum atomic E-state index is -0.272. The van der Waals surface area contributed by atoms with Gasteiger partial charge in [-0.15, -0.1) is 11.3 Å². The molecule has 0 atom stereocenters. The van der Waals surface area contributed by atoms with E-state index in [4.69, 9.17) is 0 Å². The molecule has 3 aromatic heterocycles. The van der Waals surface area contributed by atoms with Gasteiger partial charge in [-0.2, -0.15) is 0 Å². The Morgan fingerprint density at radius 2 is 2.06 bits per heavy atom. The summed E-state index contributed by atoms with van der Waals surface area (Å²) in [6.45, 7) is 1.95. The number of aromatic nitrogens is 3. The highest BCUT2D eigenvalue weighted by Gasteiger charge is 2.07. The number of imidazole rings is 1. The molecule has 3 aromatic rings. The van der Waals surface area contributed by atoms with Crippen LogP contribution >= 0.6 is 11.3 Å². The summed E-state index contributed by atoms with van der Waals surface area (Å²) >= 11 is 1.58. The van der Waals surface area contributed by atoms with E-state index in [0.29, 0.717) is 0 Å². The molecule has 0 saturated carbocycles. The molecule has 0 aliphatic carbocycles. The lowest BCUT2D eigenvalue weighted by Crippen LogP contribution is -1.83. The highest BCUT2D eigenvalue weighted by Crippen LogP contribution is 2.21. The minimum Gasteiger partial charge on any atom is -0.303 e. The molecule has 5 heteroatoms. The monoisotopic (exact) mass is 233 g/mol. The third-order valence-electron chi connectivity index (χ3n) is 2.30. The number of thiazole rings is 1. The van der Waals surface area contributed by atoms with Gasteiger partial charge in [-0.3, -0.25) is 0 Å². The number of fused-ring (bicyclic) bond motifs is 1. The van der Waals surface area contributed by atoms with Gasteiger partial charge in [0, 0.05) is 17.8 Å². The van der Waals surface area contributed by atoms with E-state index in [0.717, 1.165) is 22.0 Å². The molecule has 0 amide bonds. The van der Waals surface area contributed by atoms with Crippen LogP contribution in [0, 0.1) is 12.7 Å². The quantitative estimate of drug-likeness (QED) is 0.647. The summed E-state index contributed by atoms with van der Waals surface area (Å²) in [4.78, 5) is 8.73. The van der Waals surface area contributed by atoms with Gasteiger partial charge in [-0.1, -0.05) is 0 Å². The molecule has 0 unspecified atom stereocenters. The van der Waals surface area contributed by atoms with Crippen molar-refractivity contribution in [2.45, 2.75) is 6.92 Å². The molecular formula is C11H8FN3S. The molecule has 0 spiro atoms. The minimum absolute atomic E-state index is 0.272. The van der Waals surface area contributed by atoms with Gasteiger partial charge in [0.15, 0.2) is 0 Å². The number of pyridine rings is 1. The smallest absolute Gasteiger partial charge is 0.139 e. The van der Waals surface area contributed by atoms with Gasteiger partial charge in [0.25, 0.3) is 0 Å². The number of halogens is 1. The van der Waals surface area contributed by atoms with Crippen LogP contribution in [-0.2, 0) is 0 Å². The van der Waals surface area contributed by atoms with Crippen LogP contribution in [0.5, 0.6) is 0 Å². The van der Waals surface area contributed by atoms with Crippen LogP contribution in [0.2, 0.25) is 0 Å². The Hall–Kier alpha value is -1.75. The van der Waals surface area contributed by atoms with Gasteiger partial charge in [0.1, 0.15) is 22.9 Å². The van der Waals surface area contributed by atoms with Crippen molar-refractivity contribution >= 4 is 17.0 Å². The van der Waals surface area contributed by atoms with Crippen molar-refractivity contribution in [1.82, 2.24) is 14.4 Å². The predicted octanol–water partition coefficient (Wildman–Crippen LogP) is 2.91. The van der Waals surface area contributed by atoms with Crippen LogP contribution in [0.25, 0.3) is 17.0 Å². The molecule has 3 rings (SSSR count). The van der Waals surface area contributed by atoms with Crippen molar-refractivity contribution in [3.05, 3.63) is 40.7 Å². The molecule has 16 heavy (non-hydrogen) atoms. The van der Waals surface area contributed by atoms with E-state index >= 15 is 0 Å². The Kier molecular flexibility index (Phi) is 2.00. The first-order valence-electron chi connectivity index (χ1n) is 4.79. The Balaban J connectivity index is 2.18. The van der Waals surface area contributed by atoms with Crippen molar-refractivity contribution in [2.24, 2.45) is 0 Å². The van der Waals surface area contributed by atoms with E-state index in [9.17, 15) is 4.39 Å². The molecule has 80 valence electrons. The predicted molar refractivity (Wildman–Crippen MR) is 61.0 cm³/mol. The molecule has 0 aliphatic heterocycles. The van der Waals surface area contributed by atoms with Crippen LogP contribution < -0.4 is 0 Å². The fourth-order valence-corrected chi connectivity index (χ4v) is 2.18. The van der Waals surface area contributed by atoms with Crippen molar-refractivity contribution in [3.63, 3.8) is 0 Å². The third kappa shape index (κ3) is 1.49. The highest BCUT2D eigenvalue weighted by molar-refractivity contribution is 7.09. The topological polar surface area (TPSA) is 30.2 Å². The first kappa shape index (κ1) is 9.47. The van der Waals surface area contributed by atoms with E-state index < -0.39 is 0 Å². The molecule has 0 saturated heterocycles. The zero-order valence-corrected chi connectivity index (χ0v) is 9.33. The molecule has 3 nitrogen and oxygen atoms in total. The number of rotatable bonds is 1. The second kappa shape index (κ2) is 3.38. The first-order valence-corrected chi connectivity index (χ1v) is 5.67. The second-order valence-electron chi connectivity index (χ2n) is 3.49. The highest BCUT2D eigenvalue weighted by atomic mass is 32.1. The molecule has 0 radical (unpaired) electrons. The largest absolute Gasteiger partial charge is 0.303 e. The van der Waals surface area contributed by atoms with Gasteiger partial charge < -0.3 is 4.40 Å². The van der Waals surface area contributed by atoms with Gasteiger partial charge in [-0.05, 0) is 19.1 Å². The van der Waals surface area contributed by atoms with E-state index in [-0.39, 0.29) is 5.82 Å². The lowest BCUT2D eigenvalue weighted by molar-refractivity contribution is 0.619. The SMILES string of the molecule is Cc1nc(-c2cn3cc(F)ccc3n2)cs1. The van der Waals surface area contributed by atoms with Gasteiger partial charge in [0.2, 0.25) is 0 Å². The Bertz CT molecular complexity index is 656. The number of hydrogen-bond acceptors (Lipinski definition) is 3. The molecule has 0 fully saturated rings. The number of hydrogen-bond donors (Lipinski definition) is 0. The molecule has 0 aliphatic rings. The molecule has 0 N–H and O–H groups in total.